The van der Waals surface area contributed by atoms with Gasteiger partial charge in [-0.1, -0.05) is 6.07 Å². The second-order valence-electron chi connectivity index (χ2n) is 3.87. The number of nitrogens with zero attached hydrogens (tertiary/aromatic N) is 2. The average Bonchev–Trinajstić information content (AvgIpc) is 2.53. The van der Waals surface area contributed by atoms with Gasteiger partial charge in [0, 0.05) is 17.6 Å². The number of hydrogen-bond acceptors (Lipinski definition) is 3. The summed E-state index contributed by atoms with van der Waals surface area (Å²) in [6, 6.07) is 7.76. The molecule has 88 valence electrons. The normalized spacial score (nSPS) is 16.0. The van der Waals surface area contributed by atoms with Gasteiger partial charge in [0.2, 0.25) is 5.91 Å². The number of benzene rings is 1. The number of nitrogens with one attached hydrogen (secondary N) is 1. The number of nitriles is 1. The van der Waals surface area contributed by atoms with Crippen molar-refractivity contribution in [3.63, 3.8) is 0 Å². The minimum atomic E-state index is 0.00589. The molecule has 17 heavy (non-hydrogen) atoms. The monoisotopic (exact) mass is 293 g/mol. The molecule has 1 saturated heterocycles. The first kappa shape index (κ1) is 11.9. The van der Waals surface area contributed by atoms with Gasteiger partial charge < -0.3 is 10.2 Å². The Morgan fingerprint density at radius 3 is 3.06 bits per heavy atom. The van der Waals surface area contributed by atoms with Crippen molar-refractivity contribution in [1.29, 1.82) is 5.26 Å². The van der Waals surface area contributed by atoms with E-state index in [0.717, 1.165) is 23.1 Å². The third kappa shape index (κ3) is 2.59. The van der Waals surface area contributed by atoms with E-state index in [9.17, 15) is 4.79 Å². The molecular weight excluding hydrogens is 282 g/mol. The van der Waals surface area contributed by atoms with Crippen LogP contribution in [0.4, 0.5) is 5.69 Å². The summed E-state index contributed by atoms with van der Waals surface area (Å²) in [7, 11) is 0. The maximum Gasteiger partial charge on any atom is 0.239 e. The van der Waals surface area contributed by atoms with Crippen LogP contribution in [-0.2, 0) is 4.79 Å². The van der Waals surface area contributed by atoms with Gasteiger partial charge in [0.25, 0.3) is 0 Å². The number of hydrogen-bond donors (Lipinski definition) is 1. The largest absolute Gasteiger partial charge is 0.361 e. The fourth-order valence-electron chi connectivity index (χ4n) is 1.90. The summed E-state index contributed by atoms with van der Waals surface area (Å²) in [5.41, 5.74) is 1.40. The Morgan fingerprint density at radius 2 is 2.29 bits per heavy atom. The highest BCUT2D eigenvalue weighted by molar-refractivity contribution is 9.10. The second kappa shape index (κ2) is 5.19. The van der Waals surface area contributed by atoms with E-state index in [-0.39, 0.29) is 5.91 Å². The molecule has 1 amide bonds. The number of anilines is 1. The highest BCUT2D eigenvalue weighted by atomic mass is 79.9. The molecule has 5 heteroatoms. The molecule has 0 aliphatic carbocycles. The van der Waals surface area contributed by atoms with Crippen LogP contribution >= 0.6 is 15.9 Å². The standard InChI is InChI=1S/C12H12BrN3O/c13-10-3-1-4-11(9(10)7-14)16-6-2-5-15-12(17)8-16/h1,3-4H,2,5-6,8H2,(H,15,17). The van der Waals surface area contributed by atoms with Gasteiger partial charge in [-0.25, -0.2) is 0 Å². The van der Waals surface area contributed by atoms with Gasteiger partial charge in [0.05, 0.1) is 17.8 Å². The molecule has 1 fully saturated rings. The van der Waals surface area contributed by atoms with Crippen molar-refractivity contribution in [3.05, 3.63) is 28.2 Å². The predicted molar refractivity (Wildman–Crippen MR) is 68.7 cm³/mol. The van der Waals surface area contributed by atoms with Gasteiger partial charge in [-0.2, -0.15) is 5.26 Å². The number of carbonyl (C=O) groups is 1. The van der Waals surface area contributed by atoms with Crippen LogP contribution in [0.1, 0.15) is 12.0 Å². The molecule has 0 bridgehead atoms. The van der Waals surface area contributed by atoms with Crippen molar-refractivity contribution in [1.82, 2.24) is 5.32 Å². The molecule has 1 aliphatic heterocycles. The molecule has 1 aromatic carbocycles. The molecule has 1 aromatic rings. The first-order valence-electron chi connectivity index (χ1n) is 5.42. The Morgan fingerprint density at radius 1 is 1.47 bits per heavy atom. The Hall–Kier alpha value is -1.54. The van der Waals surface area contributed by atoms with Gasteiger partial charge in [-0.15, -0.1) is 0 Å². The Labute approximate surface area is 108 Å². The maximum absolute atomic E-state index is 11.5. The highest BCUT2D eigenvalue weighted by Crippen LogP contribution is 2.27. The summed E-state index contributed by atoms with van der Waals surface area (Å²) >= 11 is 3.36. The van der Waals surface area contributed by atoms with Crippen LogP contribution in [0.25, 0.3) is 0 Å². The summed E-state index contributed by atoms with van der Waals surface area (Å²) in [5, 5.41) is 12.0. The lowest BCUT2D eigenvalue weighted by Gasteiger charge is -2.22. The maximum atomic E-state index is 11.5. The van der Waals surface area contributed by atoms with Crippen LogP contribution in [0.3, 0.4) is 0 Å². The summed E-state index contributed by atoms with van der Waals surface area (Å²) < 4.78 is 0.766. The first-order chi connectivity index (χ1) is 8.22. The number of amides is 1. The number of carbonyl (C=O) groups excluding carboxylic acids is 1. The zero-order chi connectivity index (χ0) is 12.3. The van der Waals surface area contributed by atoms with Crippen molar-refractivity contribution in [2.75, 3.05) is 24.5 Å². The molecule has 4 nitrogen and oxygen atoms in total. The van der Waals surface area contributed by atoms with Gasteiger partial charge in [-0.05, 0) is 34.5 Å². The number of rotatable bonds is 1. The topological polar surface area (TPSA) is 56.1 Å². The molecule has 0 spiro atoms. The van der Waals surface area contributed by atoms with Gasteiger partial charge >= 0.3 is 0 Å². The van der Waals surface area contributed by atoms with Crippen LogP contribution < -0.4 is 10.2 Å². The van der Waals surface area contributed by atoms with Crippen LogP contribution in [0.2, 0.25) is 0 Å². The van der Waals surface area contributed by atoms with E-state index in [1.54, 1.807) is 0 Å². The predicted octanol–water partition coefficient (Wildman–Crippen LogP) is 1.65. The second-order valence-corrected chi connectivity index (χ2v) is 4.73. The molecule has 0 aromatic heterocycles. The third-order valence-corrected chi connectivity index (χ3v) is 3.37. The Balaban J connectivity index is 2.36. The van der Waals surface area contributed by atoms with Gasteiger partial charge in [-0.3, -0.25) is 4.79 Å². The molecule has 0 atom stereocenters. The Bertz CT molecular complexity index is 481. The van der Waals surface area contributed by atoms with Gasteiger partial charge in [0.1, 0.15) is 6.07 Å². The average molecular weight is 294 g/mol. The van der Waals surface area contributed by atoms with E-state index in [2.05, 4.69) is 27.3 Å². The lowest BCUT2D eigenvalue weighted by Crippen LogP contribution is -2.33. The summed E-state index contributed by atoms with van der Waals surface area (Å²) in [5.74, 6) is 0.00589. The first-order valence-corrected chi connectivity index (χ1v) is 6.22. The zero-order valence-corrected chi connectivity index (χ0v) is 10.8. The van der Waals surface area contributed by atoms with Crippen molar-refractivity contribution in [2.24, 2.45) is 0 Å². The van der Waals surface area contributed by atoms with E-state index in [4.69, 9.17) is 5.26 Å². The molecule has 0 radical (unpaired) electrons. The number of halogens is 1. The fourth-order valence-corrected chi connectivity index (χ4v) is 2.34. The lowest BCUT2D eigenvalue weighted by molar-refractivity contribution is -0.119. The third-order valence-electron chi connectivity index (χ3n) is 2.71. The van der Waals surface area contributed by atoms with Crippen molar-refractivity contribution in [3.8, 4) is 6.07 Å². The van der Waals surface area contributed by atoms with E-state index in [0.29, 0.717) is 18.7 Å². The molecular formula is C12H12BrN3O. The van der Waals surface area contributed by atoms with E-state index >= 15 is 0 Å². The van der Waals surface area contributed by atoms with Crippen LogP contribution in [-0.4, -0.2) is 25.5 Å². The molecule has 1 N–H and O–H groups in total. The van der Waals surface area contributed by atoms with E-state index in [1.807, 2.05) is 23.1 Å². The SMILES string of the molecule is N#Cc1c(Br)cccc1N1CCCNC(=O)C1. The molecule has 1 aliphatic rings. The van der Waals surface area contributed by atoms with Crippen molar-refractivity contribution >= 4 is 27.5 Å². The molecule has 0 saturated carbocycles. The lowest BCUT2D eigenvalue weighted by atomic mass is 10.1. The van der Waals surface area contributed by atoms with E-state index < -0.39 is 0 Å². The van der Waals surface area contributed by atoms with Crippen LogP contribution in [0, 0.1) is 11.3 Å². The summed E-state index contributed by atoms with van der Waals surface area (Å²) in [4.78, 5) is 13.5. The van der Waals surface area contributed by atoms with Gasteiger partial charge in [0.15, 0.2) is 0 Å². The molecule has 0 unspecified atom stereocenters. The van der Waals surface area contributed by atoms with Crippen molar-refractivity contribution in [2.45, 2.75) is 6.42 Å². The fraction of sp³-hybridized carbons (Fsp3) is 0.333. The highest BCUT2D eigenvalue weighted by Gasteiger charge is 2.18. The van der Waals surface area contributed by atoms with Crippen molar-refractivity contribution < 1.29 is 4.79 Å². The quantitative estimate of drug-likeness (QED) is 0.857. The minimum Gasteiger partial charge on any atom is -0.361 e. The minimum absolute atomic E-state index is 0.00589. The zero-order valence-electron chi connectivity index (χ0n) is 9.24. The van der Waals surface area contributed by atoms with Crippen LogP contribution in [0.15, 0.2) is 22.7 Å². The molecule has 1 heterocycles. The summed E-state index contributed by atoms with van der Waals surface area (Å²) in [6.07, 6.45) is 0.892. The summed E-state index contributed by atoms with van der Waals surface area (Å²) in [6.45, 7) is 1.79. The van der Waals surface area contributed by atoms with Crippen LogP contribution in [0.5, 0.6) is 0 Å². The smallest absolute Gasteiger partial charge is 0.239 e. The van der Waals surface area contributed by atoms with E-state index in [1.165, 1.54) is 0 Å². The Kier molecular flexibility index (Phi) is 3.64. The molecule has 2 rings (SSSR count).